The minimum atomic E-state index is -1.19. The quantitative estimate of drug-likeness (QED) is 0.276. The van der Waals surface area contributed by atoms with Gasteiger partial charge in [0.1, 0.15) is 18.1 Å². The fraction of sp³-hybridized carbons (Fsp3) is 0.429. The van der Waals surface area contributed by atoms with Crippen LogP contribution in [0.25, 0.3) is 0 Å². The summed E-state index contributed by atoms with van der Waals surface area (Å²) in [4.78, 5) is 51.0. The van der Waals surface area contributed by atoms with Crippen molar-refractivity contribution in [1.82, 2.24) is 16.0 Å². The Morgan fingerprint density at radius 1 is 0.676 bits per heavy atom. The highest BCUT2D eigenvalue weighted by atomic mass is 16.4. The lowest BCUT2D eigenvalue weighted by Gasteiger charge is -2.27. The zero-order valence-corrected chi connectivity index (χ0v) is 21.8. The van der Waals surface area contributed by atoms with Crippen molar-refractivity contribution in [2.75, 3.05) is 0 Å². The van der Waals surface area contributed by atoms with Crippen molar-refractivity contribution in [2.45, 2.75) is 64.7 Å². The molecule has 0 saturated carbocycles. The Morgan fingerprint density at radius 3 is 1.57 bits per heavy atom. The molecule has 2 aromatic carbocycles. The fourth-order valence-corrected chi connectivity index (χ4v) is 3.73. The van der Waals surface area contributed by atoms with Crippen LogP contribution in [0.1, 0.15) is 38.8 Å². The molecular formula is C28H38N4O5. The Morgan fingerprint density at radius 2 is 1.14 bits per heavy atom. The zero-order valence-electron chi connectivity index (χ0n) is 21.8. The third kappa shape index (κ3) is 9.34. The van der Waals surface area contributed by atoms with Gasteiger partial charge in [0.15, 0.2) is 0 Å². The molecule has 9 heteroatoms. The van der Waals surface area contributed by atoms with Gasteiger partial charge in [0, 0.05) is 12.8 Å². The van der Waals surface area contributed by atoms with Crippen LogP contribution in [0, 0.1) is 11.8 Å². The molecule has 4 atom stereocenters. The summed E-state index contributed by atoms with van der Waals surface area (Å²) >= 11 is 0. The molecule has 2 aromatic rings. The maximum atomic E-state index is 13.3. The van der Waals surface area contributed by atoms with Crippen molar-refractivity contribution in [3.8, 4) is 0 Å². The van der Waals surface area contributed by atoms with Gasteiger partial charge in [-0.2, -0.15) is 0 Å². The molecule has 0 bridgehead atoms. The van der Waals surface area contributed by atoms with E-state index in [1.54, 1.807) is 38.1 Å². The summed E-state index contributed by atoms with van der Waals surface area (Å²) in [6, 6.07) is 14.1. The first-order valence-corrected chi connectivity index (χ1v) is 12.5. The number of amides is 3. The Balaban J connectivity index is 2.23. The number of rotatable bonds is 13. The van der Waals surface area contributed by atoms with Crippen molar-refractivity contribution >= 4 is 23.7 Å². The Kier molecular flexibility index (Phi) is 11.3. The van der Waals surface area contributed by atoms with Gasteiger partial charge in [-0.15, -0.1) is 0 Å². The van der Waals surface area contributed by atoms with E-state index in [0.29, 0.717) is 0 Å². The van der Waals surface area contributed by atoms with Gasteiger partial charge < -0.3 is 26.8 Å². The second-order valence-electron chi connectivity index (χ2n) is 9.84. The van der Waals surface area contributed by atoms with E-state index in [9.17, 15) is 24.3 Å². The first kappa shape index (κ1) is 29.5. The molecule has 0 saturated heterocycles. The van der Waals surface area contributed by atoms with Crippen molar-refractivity contribution in [2.24, 2.45) is 17.6 Å². The number of carbonyl (C=O) groups is 4. The second-order valence-corrected chi connectivity index (χ2v) is 9.84. The molecule has 0 aliphatic carbocycles. The first-order chi connectivity index (χ1) is 17.5. The minimum absolute atomic E-state index is 0.0890. The van der Waals surface area contributed by atoms with E-state index in [-0.39, 0.29) is 24.7 Å². The molecule has 0 spiro atoms. The lowest BCUT2D eigenvalue weighted by molar-refractivity contribution is -0.142. The van der Waals surface area contributed by atoms with Crippen LogP contribution in [0.2, 0.25) is 0 Å². The van der Waals surface area contributed by atoms with Gasteiger partial charge in [-0.05, 0) is 23.0 Å². The van der Waals surface area contributed by atoms with E-state index in [0.717, 1.165) is 11.1 Å². The summed E-state index contributed by atoms with van der Waals surface area (Å²) in [6.45, 7) is 7.17. The van der Waals surface area contributed by atoms with Gasteiger partial charge in [0.05, 0.1) is 6.04 Å². The monoisotopic (exact) mass is 510 g/mol. The summed E-state index contributed by atoms with van der Waals surface area (Å²) < 4.78 is 0. The SMILES string of the molecule is CC(C)C(N)C(=O)NC(C(=O)NC(Cc1ccccc1)C(=O)NC(Cc1ccccc1)C(=O)O)C(C)C. The van der Waals surface area contributed by atoms with Crippen molar-refractivity contribution < 1.29 is 24.3 Å². The van der Waals surface area contributed by atoms with E-state index in [2.05, 4.69) is 16.0 Å². The summed E-state index contributed by atoms with van der Waals surface area (Å²) in [6.07, 6.45) is 0.228. The zero-order chi connectivity index (χ0) is 27.5. The molecule has 9 nitrogen and oxygen atoms in total. The Hall–Kier alpha value is -3.72. The molecular weight excluding hydrogens is 472 g/mol. The molecule has 3 amide bonds. The average molecular weight is 511 g/mol. The van der Waals surface area contributed by atoms with E-state index in [1.165, 1.54) is 0 Å². The predicted octanol–water partition coefficient (Wildman–Crippen LogP) is 1.65. The van der Waals surface area contributed by atoms with Gasteiger partial charge >= 0.3 is 5.97 Å². The Bertz CT molecular complexity index is 1040. The minimum Gasteiger partial charge on any atom is -0.480 e. The molecule has 4 unspecified atom stereocenters. The molecule has 0 aliphatic rings. The lowest BCUT2D eigenvalue weighted by Crippen LogP contribution is -2.59. The first-order valence-electron chi connectivity index (χ1n) is 12.5. The van der Waals surface area contributed by atoms with Gasteiger partial charge in [0.2, 0.25) is 17.7 Å². The van der Waals surface area contributed by atoms with E-state index in [4.69, 9.17) is 5.73 Å². The van der Waals surface area contributed by atoms with E-state index >= 15 is 0 Å². The van der Waals surface area contributed by atoms with Crippen molar-refractivity contribution in [1.29, 1.82) is 0 Å². The topological polar surface area (TPSA) is 151 Å². The molecule has 0 fully saturated rings. The number of hydrogen-bond donors (Lipinski definition) is 5. The third-order valence-electron chi connectivity index (χ3n) is 6.08. The highest BCUT2D eigenvalue weighted by molar-refractivity contribution is 5.94. The summed E-state index contributed by atoms with van der Waals surface area (Å²) in [5.41, 5.74) is 7.48. The average Bonchev–Trinajstić information content (AvgIpc) is 2.86. The van der Waals surface area contributed by atoms with E-state index in [1.807, 2.05) is 50.2 Å². The van der Waals surface area contributed by atoms with Crippen LogP contribution >= 0.6 is 0 Å². The number of aliphatic carboxylic acids is 1. The van der Waals surface area contributed by atoms with Crippen LogP contribution in [0.4, 0.5) is 0 Å². The number of carboxylic acid groups (broad SMARTS) is 1. The molecule has 0 aliphatic heterocycles. The number of benzene rings is 2. The predicted molar refractivity (Wildman–Crippen MR) is 141 cm³/mol. The standard InChI is InChI=1S/C28H38N4O5/c1-17(2)23(29)26(34)32-24(18(3)4)27(35)30-21(15-19-11-7-5-8-12-19)25(33)31-22(28(36)37)16-20-13-9-6-10-14-20/h5-14,17-18,21-24H,15-16,29H2,1-4H3,(H,30,35)(H,31,33)(H,32,34)(H,36,37). The van der Waals surface area contributed by atoms with E-state index < -0.39 is 47.9 Å². The molecule has 200 valence electrons. The van der Waals surface area contributed by atoms with Crippen molar-refractivity contribution in [3.05, 3.63) is 71.8 Å². The third-order valence-corrected chi connectivity index (χ3v) is 6.08. The molecule has 2 rings (SSSR count). The summed E-state index contributed by atoms with van der Waals surface area (Å²) in [5.74, 6) is -3.23. The smallest absolute Gasteiger partial charge is 0.326 e. The van der Waals surface area contributed by atoms with Gasteiger partial charge in [0.25, 0.3) is 0 Å². The normalized spacial score (nSPS) is 14.4. The highest BCUT2D eigenvalue weighted by Gasteiger charge is 2.32. The van der Waals surface area contributed by atoms with Gasteiger partial charge in [-0.3, -0.25) is 14.4 Å². The lowest BCUT2D eigenvalue weighted by atomic mass is 9.99. The summed E-state index contributed by atoms with van der Waals surface area (Å²) in [5, 5.41) is 17.7. The number of carboxylic acids is 1. The number of nitrogens with one attached hydrogen (secondary N) is 3. The molecule has 37 heavy (non-hydrogen) atoms. The van der Waals surface area contributed by atoms with Crippen LogP contribution in [-0.4, -0.2) is 53.0 Å². The number of carbonyl (C=O) groups excluding carboxylic acids is 3. The number of hydrogen-bond acceptors (Lipinski definition) is 5. The molecule has 0 heterocycles. The van der Waals surface area contributed by atoms with Crippen molar-refractivity contribution in [3.63, 3.8) is 0 Å². The summed E-state index contributed by atoms with van der Waals surface area (Å²) in [7, 11) is 0. The van der Waals surface area contributed by atoms with Crippen LogP contribution in [0.15, 0.2) is 60.7 Å². The molecule has 6 N–H and O–H groups in total. The maximum absolute atomic E-state index is 13.3. The van der Waals surface area contributed by atoms with Gasteiger partial charge in [-0.1, -0.05) is 88.4 Å². The van der Waals surface area contributed by atoms with Crippen LogP contribution < -0.4 is 21.7 Å². The molecule has 0 aromatic heterocycles. The maximum Gasteiger partial charge on any atom is 0.326 e. The van der Waals surface area contributed by atoms with Crippen LogP contribution in [0.5, 0.6) is 0 Å². The molecule has 0 radical (unpaired) electrons. The largest absolute Gasteiger partial charge is 0.480 e. The van der Waals surface area contributed by atoms with Gasteiger partial charge in [-0.25, -0.2) is 4.79 Å². The van der Waals surface area contributed by atoms with Crippen LogP contribution in [-0.2, 0) is 32.0 Å². The highest BCUT2D eigenvalue weighted by Crippen LogP contribution is 2.10. The second kappa shape index (κ2) is 14.1. The number of nitrogens with two attached hydrogens (primary N) is 1. The fourth-order valence-electron chi connectivity index (χ4n) is 3.73. The van der Waals surface area contributed by atoms with Crippen LogP contribution in [0.3, 0.4) is 0 Å². The Labute approximate surface area is 218 Å².